The first-order valence-corrected chi connectivity index (χ1v) is 9.31. The number of hydrazone groups is 1. The first kappa shape index (κ1) is 22.1. The third-order valence-electron chi connectivity index (χ3n) is 4.52. The van der Waals surface area contributed by atoms with Crippen molar-refractivity contribution in [2.45, 2.75) is 47.0 Å². The highest BCUT2D eigenvalue weighted by Gasteiger charge is 2.15. The maximum absolute atomic E-state index is 12.1. The summed E-state index contributed by atoms with van der Waals surface area (Å²) in [6, 6.07) is 10.9. The van der Waals surface area contributed by atoms with Crippen LogP contribution in [0.5, 0.6) is 5.75 Å². The van der Waals surface area contributed by atoms with E-state index in [2.05, 4.69) is 43.4 Å². The number of nitrogens with zero attached hydrogens (tertiary/aromatic N) is 2. The minimum Gasteiger partial charge on any atom is -0.483 e. The lowest BCUT2D eigenvalue weighted by Crippen LogP contribution is -2.26. The standard InChI is InChI=1S/C22H27N3O4/c1-14-11-19(25(27)28)12-15(2)21(14)29-13-20(26)24-23-16(3)17-7-9-18(10-8-17)22(4,5)6/h7-12H,13H2,1-6H3,(H,24,26)/b23-16-. The van der Waals surface area contributed by atoms with Crippen LogP contribution in [-0.2, 0) is 10.2 Å². The summed E-state index contributed by atoms with van der Waals surface area (Å²) in [6.07, 6.45) is 0. The van der Waals surface area contributed by atoms with Crippen molar-refractivity contribution >= 4 is 17.3 Å². The molecule has 1 N–H and O–H groups in total. The lowest BCUT2D eigenvalue weighted by molar-refractivity contribution is -0.385. The van der Waals surface area contributed by atoms with Crippen LogP contribution in [0.1, 0.15) is 49.9 Å². The van der Waals surface area contributed by atoms with Crippen LogP contribution in [0.4, 0.5) is 5.69 Å². The van der Waals surface area contributed by atoms with E-state index in [0.29, 0.717) is 22.6 Å². The molecular weight excluding hydrogens is 370 g/mol. The zero-order valence-electron chi connectivity index (χ0n) is 17.7. The van der Waals surface area contributed by atoms with Gasteiger partial charge in [-0.25, -0.2) is 5.43 Å². The lowest BCUT2D eigenvalue weighted by atomic mass is 9.86. The molecule has 2 aromatic rings. The molecule has 0 aromatic heterocycles. The van der Waals surface area contributed by atoms with E-state index in [-0.39, 0.29) is 17.7 Å². The van der Waals surface area contributed by atoms with Crippen molar-refractivity contribution in [3.8, 4) is 5.75 Å². The monoisotopic (exact) mass is 397 g/mol. The number of nitrogens with one attached hydrogen (secondary N) is 1. The summed E-state index contributed by atoms with van der Waals surface area (Å²) in [4.78, 5) is 22.5. The zero-order chi connectivity index (χ0) is 21.8. The fourth-order valence-corrected chi connectivity index (χ4v) is 2.85. The van der Waals surface area contributed by atoms with Gasteiger partial charge < -0.3 is 4.74 Å². The van der Waals surface area contributed by atoms with Gasteiger partial charge in [-0.3, -0.25) is 14.9 Å². The van der Waals surface area contributed by atoms with Gasteiger partial charge in [-0.05, 0) is 48.4 Å². The number of nitro groups is 1. The van der Waals surface area contributed by atoms with Crippen LogP contribution < -0.4 is 10.2 Å². The molecule has 0 radical (unpaired) electrons. The van der Waals surface area contributed by atoms with Crippen LogP contribution in [-0.4, -0.2) is 23.1 Å². The molecule has 0 aliphatic heterocycles. The van der Waals surface area contributed by atoms with Crippen molar-refractivity contribution in [1.29, 1.82) is 0 Å². The topological polar surface area (TPSA) is 93.8 Å². The molecule has 0 aliphatic carbocycles. The number of benzene rings is 2. The van der Waals surface area contributed by atoms with Gasteiger partial charge in [0, 0.05) is 12.1 Å². The molecule has 1 amide bonds. The van der Waals surface area contributed by atoms with Gasteiger partial charge in [0.15, 0.2) is 6.61 Å². The Bertz CT molecular complexity index is 919. The second kappa shape index (κ2) is 8.86. The van der Waals surface area contributed by atoms with Crippen LogP contribution >= 0.6 is 0 Å². The highest BCUT2D eigenvalue weighted by atomic mass is 16.6. The molecule has 7 heteroatoms. The molecule has 29 heavy (non-hydrogen) atoms. The van der Waals surface area contributed by atoms with Crippen LogP contribution in [0.2, 0.25) is 0 Å². The number of hydrogen-bond donors (Lipinski definition) is 1. The van der Waals surface area contributed by atoms with Gasteiger partial charge in [-0.1, -0.05) is 45.0 Å². The minimum atomic E-state index is -0.456. The molecule has 7 nitrogen and oxygen atoms in total. The summed E-state index contributed by atoms with van der Waals surface area (Å²) in [5, 5.41) is 15.0. The average molecular weight is 397 g/mol. The summed E-state index contributed by atoms with van der Waals surface area (Å²) < 4.78 is 5.55. The predicted molar refractivity (Wildman–Crippen MR) is 114 cm³/mol. The van der Waals surface area contributed by atoms with Crippen molar-refractivity contribution < 1.29 is 14.5 Å². The third-order valence-corrected chi connectivity index (χ3v) is 4.52. The zero-order valence-corrected chi connectivity index (χ0v) is 17.7. The molecular formula is C22H27N3O4. The quantitative estimate of drug-likeness (QED) is 0.443. The molecule has 0 fully saturated rings. The SMILES string of the molecule is C/C(=N/NC(=O)COc1c(C)cc([N+](=O)[O-])cc1C)c1ccc(C(C)(C)C)cc1. The molecule has 0 unspecified atom stereocenters. The molecule has 0 saturated carbocycles. The second-order valence-electron chi connectivity index (χ2n) is 8.01. The lowest BCUT2D eigenvalue weighted by Gasteiger charge is -2.19. The van der Waals surface area contributed by atoms with Crippen LogP contribution in [0.25, 0.3) is 0 Å². The first-order chi connectivity index (χ1) is 13.5. The number of amides is 1. The van der Waals surface area contributed by atoms with Gasteiger partial charge in [-0.2, -0.15) is 5.10 Å². The van der Waals surface area contributed by atoms with E-state index < -0.39 is 10.8 Å². The summed E-state index contributed by atoms with van der Waals surface area (Å²) in [5.74, 6) is 0.0528. The third kappa shape index (κ3) is 5.88. The number of carbonyl (C=O) groups excluding carboxylic acids is 1. The van der Waals surface area contributed by atoms with Crippen LogP contribution in [0, 0.1) is 24.0 Å². The van der Waals surface area contributed by atoms with Crippen molar-refractivity contribution in [3.05, 3.63) is 68.8 Å². The average Bonchev–Trinajstić information content (AvgIpc) is 2.64. The number of non-ortho nitro benzene ring substituents is 1. The Morgan fingerprint density at radius 3 is 2.17 bits per heavy atom. The van der Waals surface area contributed by atoms with E-state index in [1.165, 1.54) is 17.7 Å². The Kier molecular flexibility index (Phi) is 6.74. The summed E-state index contributed by atoms with van der Waals surface area (Å²) in [7, 11) is 0. The number of rotatable bonds is 6. The Morgan fingerprint density at radius 1 is 1.14 bits per heavy atom. The van der Waals surface area contributed by atoms with Gasteiger partial charge in [0.05, 0.1) is 10.6 Å². The normalized spacial score (nSPS) is 11.9. The van der Waals surface area contributed by atoms with Gasteiger partial charge in [0.2, 0.25) is 0 Å². The molecule has 2 aromatic carbocycles. The fraction of sp³-hybridized carbons (Fsp3) is 0.364. The highest BCUT2D eigenvalue weighted by molar-refractivity contribution is 5.99. The van der Waals surface area contributed by atoms with Gasteiger partial charge >= 0.3 is 0 Å². The Hall–Kier alpha value is -3.22. The summed E-state index contributed by atoms with van der Waals surface area (Å²) in [6.45, 7) is 11.4. The van der Waals surface area contributed by atoms with Crippen LogP contribution in [0.15, 0.2) is 41.5 Å². The maximum Gasteiger partial charge on any atom is 0.277 e. The highest BCUT2D eigenvalue weighted by Crippen LogP contribution is 2.28. The molecule has 0 aliphatic rings. The van der Waals surface area contributed by atoms with Crippen molar-refractivity contribution in [2.75, 3.05) is 6.61 Å². The smallest absolute Gasteiger partial charge is 0.277 e. The van der Waals surface area contributed by atoms with Crippen molar-refractivity contribution in [1.82, 2.24) is 5.43 Å². The van der Waals surface area contributed by atoms with Gasteiger partial charge in [0.25, 0.3) is 11.6 Å². The fourth-order valence-electron chi connectivity index (χ4n) is 2.85. The maximum atomic E-state index is 12.1. The first-order valence-electron chi connectivity index (χ1n) is 9.31. The molecule has 154 valence electrons. The Labute approximate surface area is 170 Å². The predicted octanol–water partition coefficient (Wildman–Crippen LogP) is 4.43. The largest absolute Gasteiger partial charge is 0.483 e. The number of ether oxygens (including phenoxy) is 1. The molecule has 0 bridgehead atoms. The molecule has 2 rings (SSSR count). The Balaban J connectivity index is 1.98. The van der Waals surface area contributed by atoms with Crippen molar-refractivity contribution in [2.24, 2.45) is 5.10 Å². The molecule has 0 saturated heterocycles. The minimum absolute atomic E-state index is 0.00509. The Morgan fingerprint density at radius 2 is 1.69 bits per heavy atom. The van der Waals surface area contributed by atoms with E-state index >= 15 is 0 Å². The van der Waals surface area contributed by atoms with E-state index in [1.54, 1.807) is 13.8 Å². The van der Waals surface area contributed by atoms with E-state index in [1.807, 2.05) is 19.1 Å². The number of aryl methyl sites for hydroxylation is 2. The molecule has 0 atom stereocenters. The number of carbonyl (C=O) groups is 1. The van der Waals surface area contributed by atoms with Crippen LogP contribution in [0.3, 0.4) is 0 Å². The summed E-state index contributed by atoms with van der Waals surface area (Å²) >= 11 is 0. The number of hydrogen-bond acceptors (Lipinski definition) is 5. The van der Waals surface area contributed by atoms with E-state index in [0.717, 1.165) is 5.56 Å². The molecule has 0 heterocycles. The van der Waals surface area contributed by atoms with E-state index in [4.69, 9.17) is 4.74 Å². The second-order valence-corrected chi connectivity index (χ2v) is 8.01. The summed E-state index contributed by atoms with van der Waals surface area (Å²) in [5.41, 5.74) is 6.57. The van der Waals surface area contributed by atoms with E-state index in [9.17, 15) is 14.9 Å². The van der Waals surface area contributed by atoms with Gasteiger partial charge in [0.1, 0.15) is 5.75 Å². The molecule has 0 spiro atoms. The van der Waals surface area contributed by atoms with Crippen molar-refractivity contribution in [3.63, 3.8) is 0 Å². The van der Waals surface area contributed by atoms with Gasteiger partial charge in [-0.15, -0.1) is 0 Å². The number of nitro benzene ring substituents is 1.